The van der Waals surface area contributed by atoms with Crippen LogP contribution in [0.15, 0.2) is 54.6 Å². The normalized spacial score (nSPS) is 19.8. The minimum Gasteiger partial charge on any atom is -0.496 e. The van der Waals surface area contributed by atoms with E-state index in [1.807, 2.05) is 20.8 Å². The fourth-order valence-electron chi connectivity index (χ4n) is 6.49. The van der Waals surface area contributed by atoms with Gasteiger partial charge < -0.3 is 24.8 Å². The summed E-state index contributed by atoms with van der Waals surface area (Å²) in [5.74, 6) is -4.22. The van der Waals surface area contributed by atoms with Crippen LogP contribution in [0.2, 0.25) is 10.0 Å². The van der Waals surface area contributed by atoms with Crippen molar-refractivity contribution in [3.05, 3.63) is 98.5 Å². The van der Waals surface area contributed by atoms with Gasteiger partial charge in [0, 0.05) is 34.5 Å². The van der Waals surface area contributed by atoms with Crippen molar-refractivity contribution in [1.82, 2.24) is 10.6 Å². The molecule has 0 bridgehead atoms. The summed E-state index contributed by atoms with van der Waals surface area (Å²) in [6.45, 7) is 5.58. The summed E-state index contributed by atoms with van der Waals surface area (Å²) in [6, 6.07) is 13.1. The van der Waals surface area contributed by atoms with Crippen LogP contribution < -0.4 is 15.4 Å². The molecule has 51 heavy (non-hydrogen) atoms. The molecule has 274 valence electrons. The second-order valence-corrected chi connectivity index (χ2v) is 14.1. The Morgan fingerprint density at radius 3 is 2.37 bits per heavy atom. The van der Waals surface area contributed by atoms with Gasteiger partial charge in [-0.05, 0) is 54.8 Å². The molecule has 4 rings (SSSR count). The third-order valence-electron chi connectivity index (χ3n) is 8.58. The number of nitrogens with zero attached hydrogens (tertiary/aromatic N) is 1. The quantitative estimate of drug-likeness (QED) is 0.144. The van der Waals surface area contributed by atoms with Gasteiger partial charge in [0.1, 0.15) is 36.0 Å². The first-order valence-corrected chi connectivity index (χ1v) is 16.7. The predicted octanol–water partition coefficient (Wildman–Crippen LogP) is 6.75. The second kappa shape index (κ2) is 17.6. The molecule has 14 heteroatoms. The van der Waals surface area contributed by atoms with E-state index in [0.29, 0.717) is 12.0 Å². The van der Waals surface area contributed by atoms with E-state index in [9.17, 15) is 19.6 Å². The van der Waals surface area contributed by atoms with E-state index < -0.39 is 58.2 Å². The van der Waals surface area contributed by atoms with E-state index >= 15 is 8.78 Å². The molecule has 2 N–H and O–H groups in total. The number of likely N-dealkylation sites (N-methyl/N-ethyl adjacent to an activating group) is 1. The molecule has 3 aromatic rings. The largest absolute Gasteiger partial charge is 0.496 e. The molecule has 1 heterocycles. The average Bonchev–Trinajstić information content (AvgIpc) is 3.37. The molecule has 0 unspecified atom stereocenters. The lowest BCUT2D eigenvalue weighted by atomic mass is 9.62. The van der Waals surface area contributed by atoms with Crippen LogP contribution in [-0.2, 0) is 30.9 Å². The van der Waals surface area contributed by atoms with E-state index in [1.165, 1.54) is 55.6 Å². The molecular formula is C37H40Cl3F2N3O6. The summed E-state index contributed by atoms with van der Waals surface area (Å²) in [4.78, 5) is 38.6. The molecule has 0 amide bonds. The first kappa shape index (κ1) is 41.6. The standard InChI is InChI=1S/C37H39Cl2F2N3O6.ClH/c1-36(2,3)18-30-37(20-42,25-12-11-23(38)17-27(25)40)32(24-7-6-8-26(39)33(24)41)34(44-30)28(45)15-21-9-10-22(16-29(21)48-5)35(47)50-14-13-49-31(46)19-43-4;/h6-12,16-17,30,32,34,43-44H,13-15,18-19H2,1-5H3;1H/t30-,32-,34-,37-;/m0./s1. The highest BCUT2D eigenvalue weighted by Gasteiger charge is 2.60. The highest BCUT2D eigenvalue weighted by molar-refractivity contribution is 6.31. The molecular weight excluding hydrogens is 727 g/mol. The van der Waals surface area contributed by atoms with Gasteiger partial charge in [-0.2, -0.15) is 5.26 Å². The number of Topliss-reactive ketones (excluding diaryl/α,β-unsaturated/α-hetero) is 1. The third kappa shape index (κ3) is 9.36. The Labute approximate surface area is 312 Å². The van der Waals surface area contributed by atoms with Crippen LogP contribution in [0.1, 0.15) is 60.2 Å². The molecule has 1 saturated heterocycles. The Kier molecular flexibility index (Phi) is 14.4. The fraction of sp³-hybridized carbons (Fsp3) is 0.405. The van der Waals surface area contributed by atoms with Crippen molar-refractivity contribution >= 4 is 53.3 Å². The van der Waals surface area contributed by atoms with Crippen molar-refractivity contribution in [3.8, 4) is 11.8 Å². The van der Waals surface area contributed by atoms with E-state index in [4.69, 9.17) is 37.4 Å². The summed E-state index contributed by atoms with van der Waals surface area (Å²) in [5.41, 5.74) is -1.68. The van der Waals surface area contributed by atoms with Crippen LogP contribution in [0.3, 0.4) is 0 Å². The van der Waals surface area contributed by atoms with Crippen LogP contribution in [0, 0.1) is 28.4 Å². The summed E-state index contributed by atoms with van der Waals surface area (Å²) < 4.78 is 47.6. The average molecular weight is 767 g/mol. The maximum Gasteiger partial charge on any atom is 0.338 e. The number of hydrogen-bond acceptors (Lipinski definition) is 9. The highest BCUT2D eigenvalue weighted by Crippen LogP contribution is 2.53. The van der Waals surface area contributed by atoms with Crippen LogP contribution in [0.5, 0.6) is 5.75 Å². The maximum atomic E-state index is 16.0. The SMILES string of the molecule is CNCC(=O)OCCOC(=O)c1ccc(CC(=O)[C@@H]2N[C@@H](CC(C)(C)C)[C@](C#N)(c3ccc(Cl)cc3F)[C@H]2c2cccc(Cl)c2F)c(OC)c1.Cl. The Balaban J connectivity index is 0.00000702. The Morgan fingerprint density at radius 1 is 1.04 bits per heavy atom. The smallest absolute Gasteiger partial charge is 0.338 e. The zero-order valence-corrected chi connectivity index (χ0v) is 31.1. The second-order valence-electron chi connectivity index (χ2n) is 13.2. The number of rotatable bonds is 13. The van der Waals surface area contributed by atoms with Gasteiger partial charge >= 0.3 is 11.9 Å². The van der Waals surface area contributed by atoms with Crippen LogP contribution in [0.25, 0.3) is 0 Å². The number of carbonyl (C=O) groups is 3. The Bertz CT molecular complexity index is 1800. The van der Waals surface area contributed by atoms with Gasteiger partial charge in [0.2, 0.25) is 0 Å². The Morgan fingerprint density at radius 2 is 1.75 bits per heavy atom. The van der Waals surface area contributed by atoms with Gasteiger partial charge in [0.25, 0.3) is 0 Å². The van der Waals surface area contributed by atoms with Crippen LogP contribution in [-0.4, -0.2) is 63.7 Å². The molecule has 1 aliphatic heterocycles. The topological polar surface area (TPSA) is 127 Å². The first-order chi connectivity index (χ1) is 23.7. The van der Waals surface area contributed by atoms with Crippen LogP contribution >= 0.6 is 35.6 Å². The molecule has 0 aliphatic carbocycles. The molecule has 1 aliphatic rings. The number of methoxy groups -OCH3 is 1. The van der Waals surface area contributed by atoms with Gasteiger partial charge in [-0.25, -0.2) is 13.6 Å². The minimum atomic E-state index is -1.77. The maximum absolute atomic E-state index is 16.0. The number of carbonyl (C=O) groups excluding carboxylic acids is 3. The van der Waals surface area contributed by atoms with Crippen molar-refractivity contribution < 1.29 is 37.4 Å². The number of benzene rings is 3. The zero-order chi connectivity index (χ0) is 36.8. The Hall–Kier alpha value is -3.79. The number of halogens is 5. The highest BCUT2D eigenvalue weighted by atomic mass is 35.5. The number of esters is 2. The minimum absolute atomic E-state index is 0. The number of ketones is 1. The fourth-order valence-corrected chi connectivity index (χ4v) is 6.83. The zero-order valence-electron chi connectivity index (χ0n) is 28.8. The lowest BCUT2D eigenvalue weighted by Crippen LogP contribution is -2.44. The number of nitrogens with one attached hydrogen (secondary N) is 2. The van der Waals surface area contributed by atoms with E-state index in [2.05, 4.69) is 16.7 Å². The lowest BCUT2D eigenvalue weighted by molar-refractivity contribution is -0.143. The van der Waals surface area contributed by atoms with E-state index in [1.54, 1.807) is 7.05 Å². The molecule has 9 nitrogen and oxygen atoms in total. The first-order valence-electron chi connectivity index (χ1n) is 15.9. The summed E-state index contributed by atoms with van der Waals surface area (Å²) in [5, 5.41) is 16.9. The molecule has 3 aromatic carbocycles. The summed E-state index contributed by atoms with van der Waals surface area (Å²) >= 11 is 12.3. The molecule has 0 aromatic heterocycles. The van der Waals surface area contributed by atoms with Crippen molar-refractivity contribution in [3.63, 3.8) is 0 Å². The number of ether oxygens (including phenoxy) is 3. The van der Waals surface area contributed by atoms with Crippen molar-refractivity contribution in [1.29, 1.82) is 5.26 Å². The van der Waals surface area contributed by atoms with E-state index in [0.717, 1.165) is 6.07 Å². The lowest BCUT2D eigenvalue weighted by Gasteiger charge is -2.37. The summed E-state index contributed by atoms with van der Waals surface area (Å²) in [7, 11) is 2.97. The monoisotopic (exact) mass is 765 g/mol. The summed E-state index contributed by atoms with van der Waals surface area (Å²) in [6.07, 6.45) is 0.0724. The molecule has 0 saturated carbocycles. The van der Waals surface area contributed by atoms with Crippen molar-refractivity contribution in [2.24, 2.45) is 5.41 Å². The van der Waals surface area contributed by atoms with Crippen molar-refractivity contribution in [2.75, 3.05) is 33.9 Å². The van der Waals surface area contributed by atoms with Gasteiger partial charge in [-0.15, -0.1) is 12.4 Å². The van der Waals surface area contributed by atoms with Gasteiger partial charge in [-0.1, -0.05) is 68.2 Å². The number of hydrogen-bond donors (Lipinski definition) is 2. The molecule has 4 atom stereocenters. The molecule has 0 radical (unpaired) electrons. The predicted molar refractivity (Wildman–Crippen MR) is 192 cm³/mol. The molecule has 1 fully saturated rings. The molecule has 0 spiro atoms. The van der Waals surface area contributed by atoms with Gasteiger partial charge in [-0.3, -0.25) is 9.59 Å². The van der Waals surface area contributed by atoms with Crippen molar-refractivity contribution in [2.45, 2.75) is 57.0 Å². The van der Waals surface area contributed by atoms with Gasteiger partial charge in [0.05, 0.1) is 36.4 Å². The van der Waals surface area contributed by atoms with Gasteiger partial charge in [0.15, 0.2) is 5.78 Å². The van der Waals surface area contributed by atoms with E-state index in [-0.39, 0.29) is 71.1 Å². The van der Waals surface area contributed by atoms with Crippen LogP contribution in [0.4, 0.5) is 8.78 Å². The number of nitriles is 1. The third-order valence-corrected chi connectivity index (χ3v) is 9.11.